The van der Waals surface area contributed by atoms with Crippen molar-refractivity contribution in [1.29, 1.82) is 0 Å². The summed E-state index contributed by atoms with van der Waals surface area (Å²) in [6, 6.07) is 0. The van der Waals surface area contributed by atoms with E-state index < -0.39 is 29.2 Å². The van der Waals surface area contributed by atoms with Gasteiger partial charge in [-0.05, 0) is 18.3 Å². The first kappa shape index (κ1) is 23.8. The van der Waals surface area contributed by atoms with Gasteiger partial charge >= 0.3 is 11.9 Å². The van der Waals surface area contributed by atoms with Crippen molar-refractivity contribution >= 4 is 39.4 Å². The van der Waals surface area contributed by atoms with Crippen molar-refractivity contribution in [3.05, 3.63) is 5.21 Å². The van der Waals surface area contributed by atoms with Crippen molar-refractivity contribution in [1.82, 2.24) is 5.06 Å². The molecule has 2 heterocycles. The van der Waals surface area contributed by atoms with Crippen LogP contribution in [0.3, 0.4) is 0 Å². The summed E-state index contributed by atoms with van der Waals surface area (Å²) in [6.45, 7) is 2.03. The molecule has 1 saturated carbocycles. The summed E-state index contributed by atoms with van der Waals surface area (Å²) in [4.78, 5) is 44.4. The van der Waals surface area contributed by atoms with Crippen LogP contribution in [-0.2, 0) is 24.1 Å². The Hall–Kier alpha value is -0.890. The molecule has 12 heteroatoms. The number of aliphatic hydroxyl groups excluding tert-OH is 2. The zero-order valence-corrected chi connectivity index (χ0v) is 18.5. The quantitative estimate of drug-likeness (QED) is 0.152. The second-order valence-corrected chi connectivity index (χ2v) is 10.9. The zero-order chi connectivity index (χ0) is 21.9. The smallest absolute Gasteiger partial charge is 0.346 e. The van der Waals surface area contributed by atoms with E-state index >= 15 is 0 Å². The summed E-state index contributed by atoms with van der Waals surface area (Å²) >= 11 is 0. The third kappa shape index (κ3) is 5.67. The second kappa shape index (κ2) is 9.72. The van der Waals surface area contributed by atoms with E-state index in [2.05, 4.69) is 0 Å². The van der Waals surface area contributed by atoms with Gasteiger partial charge in [0.05, 0.1) is 18.8 Å². The molecule has 0 aromatic rings. The number of hydrogen-bond donors (Lipinski definition) is 2. The highest BCUT2D eigenvalue weighted by Gasteiger charge is 2.55. The molecule has 2 amide bonds. The van der Waals surface area contributed by atoms with Gasteiger partial charge in [0.2, 0.25) is 6.29 Å². The highest BCUT2D eigenvalue weighted by atomic mass is 33.1. The SMILES string of the molecule is CC1(C2CC(O)N(OC(=O)CCSSCCC(O)O[N+]3([O-])CCCC3=O)C2=O)CC1. The number of carbonyl (C=O) groups is 3. The number of hydrogen-bond acceptors (Lipinski definition) is 10. The predicted octanol–water partition coefficient (Wildman–Crippen LogP) is 1.46. The van der Waals surface area contributed by atoms with Crippen molar-refractivity contribution in [2.75, 3.05) is 18.1 Å². The number of carbonyl (C=O) groups excluding carboxylic acids is 3. The first-order valence-electron chi connectivity index (χ1n) is 10.1. The fraction of sp³-hybridized carbons (Fsp3) is 0.833. The van der Waals surface area contributed by atoms with Gasteiger partial charge in [-0.2, -0.15) is 4.84 Å². The maximum absolute atomic E-state index is 12.4. The minimum Gasteiger partial charge on any atom is -0.591 e. The highest BCUT2D eigenvalue weighted by molar-refractivity contribution is 8.76. The molecule has 0 spiro atoms. The molecule has 3 aliphatic rings. The van der Waals surface area contributed by atoms with E-state index in [0.717, 1.165) is 17.9 Å². The van der Waals surface area contributed by atoms with Gasteiger partial charge in [-0.25, -0.2) is 9.59 Å². The maximum atomic E-state index is 12.4. The van der Waals surface area contributed by atoms with E-state index in [4.69, 9.17) is 9.68 Å². The minimum atomic E-state index is -1.42. The van der Waals surface area contributed by atoms with E-state index in [0.29, 0.717) is 17.9 Å². The fourth-order valence-electron chi connectivity index (χ4n) is 3.58. The van der Waals surface area contributed by atoms with Gasteiger partial charge in [-0.3, -0.25) is 4.79 Å². The molecule has 2 N–H and O–H groups in total. The zero-order valence-electron chi connectivity index (χ0n) is 16.9. The van der Waals surface area contributed by atoms with Crippen molar-refractivity contribution in [2.45, 2.75) is 64.4 Å². The molecule has 0 bridgehead atoms. The molecule has 2 aliphatic heterocycles. The van der Waals surface area contributed by atoms with E-state index in [1.807, 2.05) is 6.92 Å². The number of rotatable bonds is 11. The van der Waals surface area contributed by atoms with Gasteiger partial charge in [-0.1, -0.05) is 28.5 Å². The third-order valence-electron chi connectivity index (χ3n) is 5.75. The lowest BCUT2D eigenvalue weighted by Gasteiger charge is -2.33. The van der Waals surface area contributed by atoms with Crippen molar-refractivity contribution in [2.24, 2.45) is 11.3 Å². The van der Waals surface area contributed by atoms with Crippen LogP contribution in [0.5, 0.6) is 0 Å². The number of hydroxylamine groups is 6. The van der Waals surface area contributed by atoms with E-state index in [1.54, 1.807) is 0 Å². The van der Waals surface area contributed by atoms with Gasteiger partial charge in [0, 0.05) is 30.8 Å². The molecule has 0 aromatic carbocycles. The van der Waals surface area contributed by atoms with Gasteiger partial charge < -0.3 is 20.3 Å². The van der Waals surface area contributed by atoms with Crippen molar-refractivity contribution in [3.63, 3.8) is 0 Å². The molecule has 4 atom stereocenters. The summed E-state index contributed by atoms with van der Waals surface area (Å²) in [5.74, 6) is -0.926. The van der Waals surface area contributed by atoms with Crippen LogP contribution in [0.2, 0.25) is 0 Å². The monoisotopic (exact) mass is 464 g/mol. The van der Waals surface area contributed by atoms with Gasteiger partial charge in [0.15, 0.2) is 6.23 Å². The lowest BCUT2D eigenvalue weighted by atomic mass is 9.89. The highest BCUT2D eigenvalue weighted by Crippen LogP contribution is 2.55. The molecule has 0 aromatic heterocycles. The molecule has 4 unspecified atom stereocenters. The standard InChI is InChI=1S/C18H28N2O8S2/c1-18(6-7-18)12-11-13(21)19(17(12)25)27-15(23)4-9-29-30-10-5-16(24)28-20(26)8-2-3-14(20)22/h12-13,16,21,24H,2-11H2,1H3. The summed E-state index contributed by atoms with van der Waals surface area (Å²) in [6.07, 6.45) is 0.594. The predicted molar refractivity (Wildman–Crippen MR) is 108 cm³/mol. The molecule has 3 fully saturated rings. The average molecular weight is 465 g/mol. The lowest BCUT2D eigenvalue weighted by molar-refractivity contribution is -1.01. The molecular weight excluding hydrogens is 436 g/mol. The fourth-order valence-corrected chi connectivity index (χ4v) is 5.61. The van der Waals surface area contributed by atoms with Crippen LogP contribution in [0, 0.1) is 16.5 Å². The van der Waals surface area contributed by atoms with Crippen LogP contribution in [0.4, 0.5) is 0 Å². The Bertz CT molecular complexity index is 677. The van der Waals surface area contributed by atoms with Gasteiger partial charge in [-0.15, -0.1) is 9.87 Å². The largest absolute Gasteiger partial charge is 0.591 e. The van der Waals surface area contributed by atoms with Crippen LogP contribution in [-0.4, -0.2) is 68.4 Å². The summed E-state index contributed by atoms with van der Waals surface area (Å²) in [7, 11) is 2.76. The van der Waals surface area contributed by atoms with Crippen molar-refractivity contribution in [3.8, 4) is 0 Å². The van der Waals surface area contributed by atoms with Gasteiger partial charge in [0.25, 0.3) is 5.91 Å². The van der Waals surface area contributed by atoms with Crippen LogP contribution in [0.15, 0.2) is 0 Å². The van der Waals surface area contributed by atoms with E-state index in [-0.39, 0.29) is 49.5 Å². The molecule has 10 nitrogen and oxygen atoms in total. The van der Waals surface area contributed by atoms with Crippen LogP contribution in [0.25, 0.3) is 0 Å². The lowest BCUT2D eigenvalue weighted by Crippen LogP contribution is -2.46. The molecule has 3 rings (SSSR count). The Balaban J connectivity index is 1.26. The Kier molecular flexibility index (Phi) is 7.70. The topological polar surface area (TPSA) is 136 Å². The molecule has 0 radical (unpaired) electrons. The van der Waals surface area contributed by atoms with E-state index in [9.17, 15) is 29.8 Å². The normalized spacial score (nSPS) is 31.3. The van der Waals surface area contributed by atoms with Crippen LogP contribution < -0.4 is 0 Å². The Morgan fingerprint density at radius 1 is 1.37 bits per heavy atom. The number of amides is 2. The molecule has 170 valence electrons. The van der Waals surface area contributed by atoms with Gasteiger partial charge in [0.1, 0.15) is 6.54 Å². The summed E-state index contributed by atoms with van der Waals surface area (Å²) in [5.41, 5.74) is -0.0876. The van der Waals surface area contributed by atoms with Crippen molar-refractivity contribution < 1.29 is 39.1 Å². The minimum absolute atomic E-state index is 0.0219. The Labute approximate surface area is 182 Å². The second-order valence-electron chi connectivity index (χ2n) is 8.19. The number of quaternary nitrogens is 1. The van der Waals surface area contributed by atoms with Crippen LogP contribution in [0.1, 0.15) is 51.9 Å². The van der Waals surface area contributed by atoms with E-state index in [1.165, 1.54) is 21.6 Å². The number of aliphatic hydroxyl groups is 2. The average Bonchev–Trinajstić information content (AvgIpc) is 3.26. The Morgan fingerprint density at radius 2 is 2.07 bits per heavy atom. The maximum Gasteiger partial charge on any atom is 0.346 e. The van der Waals surface area contributed by atoms with Crippen LogP contribution >= 0.6 is 21.6 Å². The summed E-state index contributed by atoms with van der Waals surface area (Å²) < 4.78 is 0. The molecule has 30 heavy (non-hydrogen) atoms. The Morgan fingerprint density at radius 3 is 2.70 bits per heavy atom. The summed E-state index contributed by atoms with van der Waals surface area (Å²) in [5, 5.41) is 32.6. The molecule has 1 aliphatic carbocycles. The number of nitrogens with zero attached hydrogens (tertiary/aromatic N) is 2. The molecule has 2 saturated heterocycles. The first-order valence-corrected chi connectivity index (χ1v) is 12.6. The molecular formula is C18H28N2O8S2. The third-order valence-corrected chi connectivity index (χ3v) is 8.19. The first-order chi connectivity index (χ1) is 14.1.